The molecule has 0 saturated carbocycles. The summed E-state index contributed by atoms with van der Waals surface area (Å²) in [7, 11) is 0. The lowest BCUT2D eigenvalue weighted by Crippen LogP contribution is -2.25. The summed E-state index contributed by atoms with van der Waals surface area (Å²) < 4.78 is 0. The number of carbonyl (C=O) groups is 1. The number of hydrogen-bond acceptors (Lipinski definition) is 6. The number of aliphatic hydroxyl groups is 1. The van der Waals surface area contributed by atoms with Gasteiger partial charge in [-0.25, -0.2) is 14.8 Å². The molecule has 2 aromatic rings. The van der Waals surface area contributed by atoms with Gasteiger partial charge >= 0.3 is 6.03 Å². The van der Waals surface area contributed by atoms with Gasteiger partial charge in [-0.2, -0.15) is 5.26 Å². The molecular weight excluding hydrogens is 344 g/mol. The monoisotopic (exact) mass is 358 g/mol. The molecule has 0 spiro atoms. The average Bonchev–Trinajstić information content (AvgIpc) is 3.02. The van der Waals surface area contributed by atoms with E-state index in [0.29, 0.717) is 30.2 Å². The number of nitriles is 1. The van der Waals surface area contributed by atoms with Gasteiger partial charge in [-0.15, -0.1) is 0 Å². The molecule has 1 saturated heterocycles. The minimum atomic E-state index is -0.512. The van der Waals surface area contributed by atoms with Gasteiger partial charge in [0.05, 0.1) is 29.9 Å². The number of halogens is 1. The second kappa shape index (κ2) is 7.34. The molecule has 2 amide bonds. The number of urea groups is 1. The van der Waals surface area contributed by atoms with E-state index >= 15 is 0 Å². The molecule has 1 aliphatic rings. The quantitative estimate of drug-likeness (QED) is 0.775. The number of aromatic nitrogens is 2. The van der Waals surface area contributed by atoms with Gasteiger partial charge in [0.2, 0.25) is 0 Å². The first kappa shape index (κ1) is 17.0. The van der Waals surface area contributed by atoms with E-state index in [-0.39, 0.29) is 17.6 Å². The smallest absolute Gasteiger partial charge is 0.324 e. The van der Waals surface area contributed by atoms with Crippen LogP contribution in [0.25, 0.3) is 0 Å². The van der Waals surface area contributed by atoms with Crippen LogP contribution in [0.2, 0.25) is 5.02 Å². The van der Waals surface area contributed by atoms with Gasteiger partial charge in [-0.3, -0.25) is 5.32 Å². The zero-order valence-corrected chi connectivity index (χ0v) is 13.9. The van der Waals surface area contributed by atoms with Crippen LogP contribution in [0.1, 0.15) is 12.1 Å². The topological polar surface area (TPSA) is 114 Å². The predicted molar refractivity (Wildman–Crippen MR) is 93.7 cm³/mol. The van der Waals surface area contributed by atoms with E-state index in [0.717, 1.165) is 5.69 Å². The molecule has 3 N–H and O–H groups in total. The second-order valence-electron chi connectivity index (χ2n) is 5.53. The Balaban J connectivity index is 1.73. The molecule has 0 bridgehead atoms. The molecule has 2 heterocycles. The molecule has 8 nitrogen and oxygen atoms in total. The van der Waals surface area contributed by atoms with Gasteiger partial charge in [0, 0.05) is 18.1 Å². The minimum Gasteiger partial charge on any atom is -0.391 e. The van der Waals surface area contributed by atoms with Crippen LogP contribution < -0.4 is 15.5 Å². The van der Waals surface area contributed by atoms with E-state index in [1.807, 2.05) is 11.0 Å². The number of benzene rings is 1. The van der Waals surface area contributed by atoms with Crippen LogP contribution >= 0.6 is 11.6 Å². The molecule has 0 aliphatic carbocycles. The Bertz CT molecular complexity index is 820. The Morgan fingerprint density at radius 2 is 2.20 bits per heavy atom. The predicted octanol–water partition coefficient (Wildman–Crippen LogP) is 2.22. The largest absolute Gasteiger partial charge is 0.391 e. The molecule has 1 aromatic carbocycles. The standard InChI is InChI=1S/C16H15ClN6O2/c17-10-1-2-14(23-4-3-12(24)9-23)13(5-10)21-16(25)22-15-8-19-11(6-18)7-20-15/h1-2,5,7-8,12,24H,3-4,9H2,(H2,20,21,22,25). The molecule has 1 aliphatic heterocycles. The van der Waals surface area contributed by atoms with E-state index < -0.39 is 6.03 Å². The van der Waals surface area contributed by atoms with Crippen molar-refractivity contribution in [3.63, 3.8) is 0 Å². The summed E-state index contributed by atoms with van der Waals surface area (Å²) in [6.45, 7) is 1.19. The van der Waals surface area contributed by atoms with Crippen LogP contribution in [-0.4, -0.2) is 40.3 Å². The second-order valence-corrected chi connectivity index (χ2v) is 5.96. The summed E-state index contributed by atoms with van der Waals surface area (Å²) in [5, 5.41) is 24.2. The number of nitrogens with one attached hydrogen (secondary N) is 2. The first-order valence-corrected chi connectivity index (χ1v) is 7.95. The fourth-order valence-corrected chi connectivity index (χ4v) is 2.74. The Hall–Kier alpha value is -2.89. The van der Waals surface area contributed by atoms with Crippen molar-refractivity contribution in [3.8, 4) is 6.07 Å². The van der Waals surface area contributed by atoms with E-state index in [4.69, 9.17) is 16.9 Å². The number of β-amino-alcohol motifs (C(OH)–C–C–N with tert-alkyl or cyclic N) is 1. The number of aliphatic hydroxyl groups excluding tert-OH is 1. The minimum absolute atomic E-state index is 0.163. The number of carbonyl (C=O) groups excluding carboxylic acids is 1. The van der Waals surface area contributed by atoms with Gasteiger partial charge in [-0.1, -0.05) is 11.6 Å². The summed E-state index contributed by atoms with van der Waals surface area (Å²) in [6.07, 6.45) is 2.86. The van der Waals surface area contributed by atoms with Crippen LogP contribution in [-0.2, 0) is 0 Å². The van der Waals surface area contributed by atoms with Crippen molar-refractivity contribution in [3.05, 3.63) is 41.3 Å². The molecule has 9 heteroatoms. The highest BCUT2D eigenvalue weighted by molar-refractivity contribution is 6.31. The van der Waals surface area contributed by atoms with Crippen molar-refractivity contribution < 1.29 is 9.90 Å². The number of anilines is 3. The summed E-state index contributed by atoms with van der Waals surface area (Å²) >= 11 is 6.04. The number of hydrogen-bond donors (Lipinski definition) is 3. The van der Waals surface area contributed by atoms with Crippen LogP contribution in [0, 0.1) is 11.3 Å². The fourth-order valence-electron chi connectivity index (χ4n) is 2.56. The number of nitrogens with zero attached hydrogens (tertiary/aromatic N) is 4. The molecule has 1 atom stereocenters. The third-order valence-corrected chi connectivity index (χ3v) is 3.95. The number of rotatable bonds is 3. The summed E-state index contributed by atoms with van der Waals surface area (Å²) in [6, 6.07) is 6.52. The van der Waals surface area contributed by atoms with Crippen molar-refractivity contribution in [2.45, 2.75) is 12.5 Å². The first-order valence-electron chi connectivity index (χ1n) is 7.58. The Morgan fingerprint density at radius 1 is 1.36 bits per heavy atom. The van der Waals surface area contributed by atoms with Crippen molar-refractivity contribution >= 4 is 34.8 Å². The van der Waals surface area contributed by atoms with Crippen molar-refractivity contribution in [2.75, 3.05) is 28.6 Å². The highest BCUT2D eigenvalue weighted by atomic mass is 35.5. The molecule has 25 heavy (non-hydrogen) atoms. The first-order chi connectivity index (χ1) is 12.0. The summed E-state index contributed by atoms with van der Waals surface area (Å²) in [4.78, 5) is 22.0. The molecule has 1 unspecified atom stereocenters. The molecule has 128 valence electrons. The summed E-state index contributed by atoms with van der Waals surface area (Å²) in [5.41, 5.74) is 1.47. The van der Waals surface area contributed by atoms with Crippen LogP contribution in [0.4, 0.5) is 22.0 Å². The maximum Gasteiger partial charge on any atom is 0.324 e. The lowest BCUT2D eigenvalue weighted by atomic mass is 10.2. The van der Waals surface area contributed by atoms with E-state index in [2.05, 4.69) is 20.6 Å². The molecule has 3 rings (SSSR count). The maximum absolute atomic E-state index is 12.2. The Labute approximate surface area is 149 Å². The SMILES string of the molecule is N#Cc1cnc(NC(=O)Nc2cc(Cl)ccc2N2CCC(O)C2)cn1. The van der Waals surface area contributed by atoms with Crippen molar-refractivity contribution in [1.29, 1.82) is 5.26 Å². The lowest BCUT2D eigenvalue weighted by Gasteiger charge is -2.22. The normalized spacial score (nSPS) is 16.4. The highest BCUT2D eigenvalue weighted by Crippen LogP contribution is 2.31. The summed E-state index contributed by atoms with van der Waals surface area (Å²) in [5.74, 6) is 0.219. The molecular formula is C16H15ClN6O2. The molecule has 0 radical (unpaired) electrons. The van der Waals surface area contributed by atoms with Crippen LogP contribution in [0.5, 0.6) is 0 Å². The third kappa shape index (κ3) is 4.15. The van der Waals surface area contributed by atoms with Gasteiger partial charge in [0.1, 0.15) is 6.07 Å². The van der Waals surface area contributed by atoms with E-state index in [9.17, 15) is 9.90 Å². The molecule has 1 fully saturated rings. The third-order valence-electron chi connectivity index (χ3n) is 3.72. The van der Waals surface area contributed by atoms with Gasteiger partial charge in [-0.05, 0) is 24.6 Å². The number of amides is 2. The maximum atomic E-state index is 12.2. The Kier molecular flexibility index (Phi) is 4.97. The van der Waals surface area contributed by atoms with Crippen LogP contribution in [0.3, 0.4) is 0 Å². The molecule has 1 aromatic heterocycles. The zero-order valence-electron chi connectivity index (χ0n) is 13.1. The van der Waals surface area contributed by atoms with Crippen molar-refractivity contribution in [1.82, 2.24) is 9.97 Å². The van der Waals surface area contributed by atoms with E-state index in [1.165, 1.54) is 12.4 Å². The average molecular weight is 359 g/mol. The van der Waals surface area contributed by atoms with Gasteiger partial charge < -0.3 is 15.3 Å². The van der Waals surface area contributed by atoms with Crippen molar-refractivity contribution in [2.24, 2.45) is 0 Å². The van der Waals surface area contributed by atoms with Gasteiger partial charge in [0.25, 0.3) is 0 Å². The Morgan fingerprint density at radius 3 is 2.84 bits per heavy atom. The van der Waals surface area contributed by atoms with Crippen LogP contribution in [0.15, 0.2) is 30.6 Å². The van der Waals surface area contributed by atoms with E-state index in [1.54, 1.807) is 18.2 Å². The highest BCUT2D eigenvalue weighted by Gasteiger charge is 2.23. The lowest BCUT2D eigenvalue weighted by molar-refractivity contribution is 0.198. The zero-order chi connectivity index (χ0) is 17.8. The fraction of sp³-hybridized carbons (Fsp3) is 0.250. The van der Waals surface area contributed by atoms with Gasteiger partial charge in [0.15, 0.2) is 11.5 Å².